The van der Waals surface area contributed by atoms with Gasteiger partial charge in [0, 0.05) is 23.8 Å². The summed E-state index contributed by atoms with van der Waals surface area (Å²) < 4.78 is 11.0. The zero-order valence-electron chi connectivity index (χ0n) is 19.6. The number of nitrogen functional groups attached to an aromatic ring is 1. The number of pyridine rings is 1. The molecule has 0 spiro atoms. The summed E-state index contributed by atoms with van der Waals surface area (Å²) in [6, 6.07) is 9.13. The highest BCUT2D eigenvalue weighted by molar-refractivity contribution is 9.10. The third-order valence-corrected chi connectivity index (χ3v) is 7.14. The second-order valence-electron chi connectivity index (χ2n) is 9.24. The van der Waals surface area contributed by atoms with Gasteiger partial charge in [-0.1, -0.05) is 15.9 Å². The summed E-state index contributed by atoms with van der Waals surface area (Å²) in [5.41, 5.74) is 10.2. The number of benzene rings is 1. The molecule has 0 saturated heterocycles. The van der Waals surface area contributed by atoms with Crippen molar-refractivity contribution in [2.45, 2.75) is 32.7 Å². The smallest absolute Gasteiger partial charge is 0.335 e. The van der Waals surface area contributed by atoms with Crippen molar-refractivity contribution in [3.8, 4) is 17.1 Å². The molecule has 3 heterocycles. The molecule has 9 nitrogen and oxygen atoms in total. The van der Waals surface area contributed by atoms with Crippen molar-refractivity contribution >= 4 is 38.9 Å². The SMILES string of the molecule is Cc1cc(C(=O)O)cc(-c2cnn(C)c2OC[C@H]2CC[C@@H](Cn3c(N)nc4ccc(Br)cc43)C2)n1. The van der Waals surface area contributed by atoms with Crippen LogP contribution in [-0.2, 0) is 13.6 Å². The molecular weight excluding hydrogens is 512 g/mol. The molecule has 1 aliphatic carbocycles. The Morgan fingerprint density at radius 2 is 2.03 bits per heavy atom. The number of anilines is 1. The summed E-state index contributed by atoms with van der Waals surface area (Å²) >= 11 is 3.54. The number of nitrogens with two attached hydrogens (primary N) is 1. The minimum atomic E-state index is -0.987. The van der Waals surface area contributed by atoms with E-state index in [1.165, 1.54) is 0 Å². The van der Waals surface area contributed by atoms with Crippen LogP contribution in [0.25, 0.3) is 22.3 Å². The minimum absolute atomic E-state index is 0.194. The monoisotopic (exact) mass is 538 g/mol. The highest BCUT2D eigenvalue weighted by Crippen LogP contribution is 2.36. The summed E-state index contributed by atoms with van der Waals surface area (Å²) in [7, 11) is 1.81. The number of aromatic carboxylic acids is 1. The van der Waals surface area contributed by atoms with Crippen molar-refractivity contribution in [1.82, 2.24) is 24.3 Å². The van der Waals surface area contributed by atoms with Crippen molar-refractivity contribution in [2.75, 3.05) is 12.3 Å². The van der Waals surface area contributed by atoms with E-state index < -0.39 is 5.97 Å². The first kappa shape index (κ1) is 23.3. The highest BCUT2D eigenvalue weighted by Gasteiger charge is 2.27. The topological polar surface area (TPSA) is 121 Å². The number of aryl methyl sites for hydroxylation is 2. The van der Waals surface area contributed by atoms with Crippen LogP contribution < -0.4 is 10.5 Å². The molecular formula is C25H27BrN6O3. The van der Waals surface area contributed by atoms with Gasteiger partial charge in [0.05, 0.1) is 40.7 Å². The molecule has 2 atom stereocenters. The van der Waals surface area contributed by atoms with Gasteiger partial charge in [-0.15, -0.1) is 0 Å². The number of ether oxygens (including phenoxy) is 1. The van der Waals surface area contributed by atoms with Crippen LogP contribution in [0.15, 0.2) is 41.0 Å². The molecule has 3 N–H and O–H groups in total. The van der Waals surface area contributed by atoms with Crippen LogP contribution in [0.4, 0.5) is 5.95 Å². The Morgan fingerprint density at radius 3 is 2.83 bits per heavy atom. The van der Waals surface area contributed by atoms with Gasteiger partial charge in [0.15, 0.2) is 0 Å². The Hall–Kier alpha value is -3.40. The molecule has 0 radical (unpaired) electrons. The number of nitrogens with zero attached hydrogens (tertiary/aromatic N) is 5. The van der Waals surface area contributed by atoms with E-state index in [9.17, 15) is 9.90 Å². The van der Waals surface area contributed by atoms with Crippen LogP contribution in [0.1, 0.15) is 35.3 Å². The summed E-state index contributed by atoms with van der Waals surface area (Å²) in [5.74, 6) is 1.05. The molecule has 1 aromatic carbocycles. The van der Waals surface area contributed by atoms with Gasteiger partial charge in [-0.2, -0.15) is 5.10 Å². The van der Waals surface area contributed by atoms with Crippen LogP contribution in [0.3, 0.4) is 0 Å². The number of carboxylic acid groups (broad SMARTS) is 1. The number of carbonyl (C=O) groups is 1. The maximum Gasteiger partial charge on any atom is 0.335 e. The van der Waals surface area contributed by atoms with Gasteiger partial charge >= 0.3 is 5.97 Å². The Morgan fingerprint density at radius 1 is 1.23 bits per heavy atom. The summed E-state index contributed by atoms with van der Waals surface area (Å²) in [4.78, 5) is 20.5. The first-order valence-electron chi connectivity index (χ1n) is 11.6. The van der Waals surface area contributed by atoms with E-state index in [0.717, 1.165) is 41.3 Å². The first-order valence-corrected chi connectivity index (χ1v) is 12.4. The fraction of sp³-hybridized carbons (Fsp3) is 0.360. The van der Waals surface area contributed by atoms with E-state index in [4.69, 9.17) is 10.5 Å². The van der Waals surface area contributed by atoms with Gasteiger partial charge in [-0.3, -0.25) is 4.98 Å². The summed E-state index contributed by atoms with van der Waals surface area (Å²) in [6.07, 6.45) is 4.87. The molecule has 0 aliphatic heterocycles. The van der Waals surface area contributed by atoms with Gasteiger partial charge in [-0.25, -0.2) is 14.5 Å². The average molecular weight is 539 g/mol. The fourth-order valence-electron chi connectivity index (χ4n) is 4.96. The number of hydrogen-bond donors (Lipinski definition) is 2. The fourth-order valence-corrected chi connectivity index (χ4v) is 5.31. The number of hydrogen-bond acceptors (Lipinski definition) is 6. The van der Waals surface area contributed by atoms with E-state index in [1.807, 2.05) is 19.2 Å². The van der Waals surface area contributed by atoms with E-state index in [1.54, 1.807) is 29.9 Å². The summed E-state index contributed by atoms with van der Waals surface area (Å²) in [5, 5.41) is 13.7. The maximum atomic E-state index is 11.5. The van der Waals surface area contributed by atoms with E-state index in [0.29, 0.717) is 47.2 Å². The highest BCUT2D eigenvalue weighted by atomic mass is 79.9. The lowest BCUT2D eigenvalue weighted by Crippen LogP contribution is -2.14. The molecule has 5 rings (SSSR count). The van der Waals surface area contributed by atoms with E-state index in [2.05, 4.69) is 41.6 Å². The van der Waals surface area contributed by atoms with Crippen LogP contribution >= 0.6 is 15.9 Å². The van der Waals surface area contributed by atoms with Crippen molar-refractivity contribution in [2.24, 2.45) is 18.9 Å². The number of carboxylic acids is 1. The van der Waals surface area contributed by atoms with Crippen molar-refractivity contribution in [3.05, 3.63) is 52.3 Å². The van der Waals surface area contributed by atoms with E-state index >= 15 is 0 Å². The van der Waals surface area contributed by atoms with Gasteiger partial charge < -0.3 is 20.1 Å². The molecule has 0 unspecified atom stereocenters. The Kier molecular flexibility index (Phi) is 6.22. The van der Waals surface area contributed by atoms with Crippen molar-refractivity contribution in [1.29, 1.82) is 0 Å². The number of imidazole rings is 1. The lowest BCUT2D eigenvalue weighted by atomic mass is 10.1. The molecule has 0 bridgehead atoms. The number of halogens is 1. The molecule has 3 aromatic heterocycles. The largest absolute Gasteiger partial charge is 0.478 e. The zero-order chi connectivity index (χ0) is 24.7. The van der Waals surface area contributed by atoms with Crippen LogP contribution in [0.5, 0.6) is 5.88 Å². The Balaban J connectivity index is 1.27. The van der Waals surface area contributed by atoms with Gasteiger partial charge in [0.2, 0.25) is 11.8 Å². The van der Waals surface area contributed by atoms with Crippen LogP contribution in [0, 0.1) is 18.8 Å². The molecule has 35 heavy (non-hydrogen) atoms. The lowest BCUT2D eigenvalue weighted by Gasteiger charge is -2.15. The predicted octanol–water partition coefficient (Wildman–Crippen LogP) is 4.68. The number of rotatable bonds is 7. The van der Waals surface area contributed by atoms with Crippen molar-refractivity contribution in [3.63, 3.8) is 0 Å². The zero-order valence-corrected chi connectivity index (χ0v) is 21.2. The Labute approximate surface area is 211 Å². The lowest BCUT2D eigenvalue weighted by molar-refractivity contribution is 0.0696. The predicted molar refractivity (Wildman–Crippen MR) is 136 cm³/mol. The summed E-state index contributed by atoms with van der Waals surface area (Å²) in [6.45, 7) is 3.17. The average Bonchev–Trinajstić information content (AvgIpc) is 3.50. The normalized spacial score (nSPS) is 17.8. The van der Waals surface area contributed by atoms with Crippen molar-refractivity contribution < 1.29 is 14.6 Å². The van der Waals surface area contributed by atoms with Crippen LogP contribution in [0.2, 0.25) is 0 Å². The second kappa shape index (κ2) is 9.33. The van der Waals surface area contributed by atoms with Gasteiger partial charge in [-0.05, 0) is 68.4 Å². The second-order valence-corrected chi connectivity index (χ2v) is 10.2. The van der Waals surface area contributed by atoms with Crippen LogP contribution in [-0.4, -0.2) is 42.0 Å². The Bertz CT molecular complexity index is 1410. The third-order valence-electron chi connectivity index (χ3n) is 6.65. The third kappa shape index (κ3) is 4.75. The molecule has 1 aliphatic rings. The van der Waals surface area contributed by atoms with Gasteiger partial charge in [0.1, 0.15) is 0 Å². The number of aromatic nitrogens is 5. The van der Waals surface area contributed by atoms with E-state index in [-0.39, 0.29) is 5.56 Å². The molecule has 182 valence electrons. The standard InChI is InChI=1S/C25H27BrN6O3/c1-14-7-17(24(33)34)9-21(29-14)19-11-28-31(2)23(19)35-13-16-4-3-15(8-16)12-32-22-10-18(26)5-6-20(22)30-25(32)27/h5-7,9-11,15-16H,3-4,8,12-13H2,1-2H3,(H2,27,30)(H,33,34)/t15-,16+/m1/s1. The molecule has 1 saturated carbocycles. The number of fused-ring (bicyclic) bond motifs is 1. The molecule has 1 fully saturated rings. The molecule has 0 amide bonds. The molecule has 4 aromatic rings. The van der Waals surface area contributed by atoms with Gasteiger partial charge in [0.25, 0.3) is 0 Å². The first-order chi connectivity index (χ1) is 16.8. The minimum Gasteiger partial charge on any atom is -0.478 e. The maximum absolute atomic E-state index is 11.5. The quantitative estimate of drug-likeness (QED) is 0.350. The molecule has 10 heteroatoms.